The Kier molecular flexibility index (Phi) is 6.22. The lowest BCUT2D eigenvalue weighted by molar-refractivity contribution is 0.131. The Labute approximate surface area is 94.6 Å². The summed E-state index contributed by atoms with van der Waals surface area (Å²) >= 11 is 0. The van der Waals surface area contributed by atoms with Crippen molar-refractivity contribution in [2.24, 2.45) is 11.7 Å². The van der Waals surface area contributed by atoms with E-state index in [2.05, 4.69) is 23.6 Å². The standard InChI is InChI=1S/C12H27N3/c1-3-12(11-13)5-6-15-9-7-14(4-2)8-10-15/h12H,3-11,13H2,1-2H3. The number of nitrogens with zero attached hydrogens (tertiary/aromatic N) is 2. The molecular formula is C12H27N3. The first kappa shape index (κ1) is 12.9. The number of nitrogens with two attached hydrogens (primary N) is 1. The molecule has 3 nitrogen and oxygen atoms in total. The van der Waals surface area contributed by atoms with Gasteiger partial charge in [0.25, 0.3) is 0 Å². The predicted octanol–water partition coefficient (Wildman–Crippen LogP) is 0.999. The highest BCUT2D eigenvalue weighted by molar-refractivity contribution is 4.72. The van der Waals surface area contributed by atoms with Crippen molar-refractivity contribution in [2.45, 2.75) is 26.7 Å². The van der Waals surface area contributed by atoms with Crippen LogP contribution in [0.1, 0.15) is 26.7 Å². The first-order chi connectivity index (χ1) is 7.30. The maximum atomic E-state index is 5.72. The first-order valence-corrected chi connectivity index (χ1v) is 6.44. The van der Waals surface area contributed by atoms with E-state index in [1.54, 1.807) is 0 Å². The molecule has 1 aliphatic rings. The van der Waals surface area contributed by atoms with Crippen LogP contribution in [0.3, 0.4) is 0 Å². The van der Waals surface area contributed by atoms with Crippen molar-refractivity contribution in [2.75, 3.05) is 45.8 Å². The third-order valence-electron chi connectivity index (χ3n) is 3.68. The molecule has 90 valence electrons. The van der Waals surface area contributed by atoms with Crippen LogP contribution in [0.4, 0.5) is 0 Å². The topological polar surface area (TPSA) is 32.5 Å². The minimum Gasteiger partial charge on any atom is -0.330 e. The quantitative estimate of drug-likeness (QED) is 0.714. The van der Waals surface area contributed by atoms with E-state index in [1.165, 1.54) is 52.1 Å². The predicted molar refractivity (Wildman–Crippen MR) is 66.0 cm³/mol. The number of likely N-dealkylation sites (N-methyl/N-ethyl adjacent to an activating group) is 1. The van der Waals surface area contributed by atoms with E-state index in [-0.39, 0.29) is 0 Å². The summed E-state index contributed by atoms with van der Waals surface area (Å²) < 4.78 is 0. The smallest absolute Gasteiger partial charge is 0.0110 e. The molecule has 1 aliphatic heterocycles. The highest BCUT2D eigenvalue weighted by Crippen LogP contribution is 2.09. The molecule has 0 aromatic carbocycles. The van der Waals surface area contributed by atoms with Crippen molar-refractivity contribution in [1.82, 2.24) is 9.80 Å². The Hall–Kier alpha value is -0.120. The fourth-order valence-corrected chi connectivity index (χ4v) is 2.18. The van der Waals surface area contributed by atoms with Gasteiger partial charge in [-0.25, -0.2) is 0 Å². The second kappa shape index (κ2) is 7.20. The Morgan fingerprint density at radius 1 is 1.07 bits per heavy atom. The van der Waals surface area contributed by atoms with Crippen LogP contribution >= 0.6 is 0 Å². The maximum Gasteiger partial charge on any atom is 0.0110 e. The van der Waals surface area contributed by atoms with Gasteiger partial charge in [0.05, 0.1) is 0 Å². The Bertz CT molecular complexity index is 149. The van der Waals surface area contributed by atoms with E-state index >= 15 is 0 Å². The van der Waals surface area contributed by atoms with Crippen molar-refractivity contribution >= 4 is 0 Å². The average Bonchev–Trinajstić information content (AvgIpc) is 2.31. The second-order valence-electron chi connectivity index (χ2n) is 4.57. The van der Waals surface area contributed by atoms with Gasteiger partial charge in [0.1, 0.15) is 0 Å². The molecule has 1 fully saturated rings. The van der Waals surface area contributed by atoms with Gasteiger partial charge in [-0.2, -0.15) is 0 Å². The van der Waals surface area contributed by atoms with Crippen molar-refractivity contribution in [3.63, 3.8) is 0 Å². The summed E-state index contributed by atoms with van der Waals surface area (Å²) in [6.45, 7) is 12.8. The fourth-order valence-electron chi connectivity index (χ4n) is 2.18. The third-order valence-corrected chi connectivity index (χ3v) is 3.68. The summed E-state index contributed by atoms with van der Waals surface area (Å²) in [6.07, 6.45) is 2.50. The molecule has 1 saturated heterocycles. The van der Waals surface area contributed by atoms with E-state index < -0.39 is 0 Å². The van der Waals surface area contributed by atoms with Crippen LogP contribution in [-0.4, -0.2) is 55.6 Å². The molecule has 1 rings (SSSR count). The van der Waals surface area contributed by atoms with Crippen molar-refractivity contribution in [1.29, 1.82) is 0 Å². The number of hydrogen-bond donors (Lipinski definition) is 1. The molecule has 2 N–H and O–H groups in total. The number of piperazine rings is 1. The summed E-state index contributed by atoms with van der Waals surface area (Å²) in [4.78, 5) is 5.11. The molecule has 1 atom stereocenters. The SMILES string of the molecule is CCC(CN)CCN1CCN(CC)CC1. The second-order valence-corrected chi connectivity index (χ2v) is 4.57. The van der Waals surface area contributed by atoms with Crippen LogP contribution in [-0.2, 0) is 0 Å². The molecule has 0 aliphatic carbocycles. The van der Waals surface area contributed by atoms with Crippen LogP contribution in [0, 0.1) is 5.92 Å². The minimum absolute atomic E-state index is 0.731. The van der Waals surface area contributed by atoms with Gasteiger partial charge in [-0.05, 0) is 32.0 Å². The van der Waals surface area contributed by atoms with Crippen LogP contribution in [0.5, 0.6) is 0 Å². The lowest BCUT2D eigenvalue weighted by Gasteiger charge is -2.34. The normalized spacial score (nSPS) is 21.8. The highest BCUT2D eigenvalue weighted by Gasteiger charge is 2.15. The van der Waals surface area contributed by atoms with Gasteiger partial charge in [-0.15, -0.1) is 0 Å². The van der Waals surface area contributed by atoms with E-state index in [0.717, 1.165) is 12.5 Å². The van der Waals surface area contributed by atoms with Crippen molar-refractivity contribution < 1.29 is 0 Å². The number of hydrogen-bond acceptors (Lipinski definition) is 3. The summed E-state index contributed by atoms with van der Waals surface area (Å²) in [6, 6.07) is 0. The van der Waals surface area contributed by atoms with Crippen LogP contribution in [0.2, 0.25) is 0 Å². The van der Waals surface area contributed by atoms with E-state index in [1.807, 2.05) is 0 Å². The van der Waals surface area contributed by atoms with Crippen molar-refractivity contribution in [3.8, 4) is 0 Å². The molecule has 0 aromatic rings. The van der Waals surface area contributed by atoms with Crippen LogP contribution in [0.25, 0.3) is 0 Å². The molecule has 0 aromatic heterocycles. The number of rotatable bonds is 6. The fraction of sp³-hybridized carbons (Fsp3) is 1.00. The van der Waals surface area contributed by atoms with Gasteiger partial charge in [0.15, 0.2) is 0 Å². The lowest BCUT2D eigenvalue weighted by atomic mass is 10.0. The molecule has 3 heteroatoms. The van der Waals surface area contributed by atoms with E-state index in [0.29, 0.717) is 0 Å². The molecule has 1 unspecified atom stereocenters. The van der Waals surface area contributed by atoms with Gasteiger partial charge in [0, 0.05) is 26.2 Å². The highest BCUT2D eigenvalue weighted by atomic mass is 15.3. The monoisotopic (exact) mass is 213 g/mol. The lowest BCUT2D eigenvalue weighted by Crippen LogP contribution is -2.46. The largest absolute Gasteiger partial charge is 0.330 e. The summed E-state index contributed by atoms with van der Waals surface area (Å²) in [7, 11) is 0. The molecular weight excluding hydrogens is 186 g/mol. The molecule has 1 heterocycles. The molecule has 0 amide bonds. The van der Waals surface area contributed by atoms with Crippen molar-refractivity contribution in [3.05, 3.63) is 0 Å². The van der Waals surface area contributed by atoms with Gasteiger partial charge >= 0.3 is 0 Å². The summed E-state index contributed by atoms with van der Waals surface area (Å²) in [5.41, 5.74) is 5.72. The van der Waals surface area contributed by atoms with Crippen LogP contribution in [0.15, 0.2) is 0 Å². The van der Waals surface area contributed by atoms with Gasteiger partial charge < -0.3 is 15.5 Å². The molecule has 15 heavy (non-hydrogen) atoms. The molecule has 0 radical (unpaired) electrons. The zero-order chi connectivity index (χ0) is 11.1. The van der Waals surface area contributed by atoms with Crippen LogP contribution < -0.4 is 5.73 Å². The third kappa shape index (κ3) is 4.49. The molecule has 0 saturated carbocycles. The van der Waals surface area contributed by atoms with Gasteiger partial charge in [-0.1, -0.05) is 20.3 Å². The first-order valence-electron chi connectivity index (χ1n) is 6.44. The Morgan fingerprint density at radius 3 is 2.13 bits per heavy atom. The van der Waals surface area contributed by atoms with Gasteiger partial charge in [0.2, 0.25) is 0 Å². The van der Waals surface area contributed by atoms with E-state index in [9.17, 15) is 0 Å². The minimum atomic E-state index is 0.731. The summed E-state index contributed by atoms with van der Waals surface area (Å²) in [5, 5.41) is 0. The van der Waals surface area contributed by atoms with Gasteiger partial charge in [-0.3, -0.25) is 0 Å². The zero-order valence-corrected chi connectivity index (χ0v) is 10.4. The maximum absolute atomic E-state index is 5.72. The molecule has 0 spiro atoms. The average molecular weight is 213 g/mol. The molecule has 0 bridgehead atoms. The Balaban J connectivity index is 2.12. The Morgan fingerprint density at radius 2 is 1.67 bits per heavy atom. The van der Waals surface area contributed by atoms with E-state index in [4.69, 9.17) is 5.73 Å². The zero-order valence-electron chi connectivity index (χ0n) is 10.4. The summed E-state index contributed by atoms with van der Waals surface area (Å²) in [5.74, 6) is 0.731.